The van der Waals surface area contributed by atoms with Crippen LogP contribution in [0.1, 0.15) is 18.1 Å². The third-order valence-corrected chi connectivity index (χ3v) is 5.88. The maximum atomic E-state index is 12.6. The molecule has 0 aliphatic rings. The number of rotatable bonds is 8. The number of nitrogens with one attached hydrogen (secondary N) is 1. The van der Waals surface area contributed by atoms with Gasteiger partial charge in [0.15, 0.2) is 0 Å². The van der Waals surface area contributed by atoms with Gasteiger partial charge in [0.2, 0.25) is 0 Å². The second-order valence-corrected chi connectivity index (χ2v) is 8.60. The molecule has 0 saturated carbocycles. The number of benzene rings is 4. The van der Waals surface area contributed by atoms with Crippen LogP contribution in [-0.4, -0.2) is 12.5 Å². The number of carbonyl (C=O) groups excluding carboxylic acids is 1. The quantitative estimate of drug-likeness (QED) is 0.196. The second-order valence-electron chi connectivity index (χ2n) is 7.74. The average Bonchev–Trinajstić information content (AvgIpc) is 2.88. The third kappa shape index (κ3) is 6.28. The molecule has 0 saturated heterocycles. The number of anilines is 1. The van der Waals surface area contributed by atoms with E-state index in [4.69, 9.17) is 9.47 Å². The smallest absolute Gasteiger partial charge is 0.266 e. The van der Waals surface area contributed by atoms with E-state index in [0.717, 1.165) is 10.0 Å². The molecule has 0 spiro atoms. The molecule has 0 heterocycles. The van der Waals surface area contributed by atoms with Gasteiger partial charge in [0.1, 0.15) is 29.7 Å². The highest BCUT2D eigenvalue weighted by Gasteiger charge is 2.11. The van der Waals surface area contributed by atoms with Crippen LogP contribution in [0.5, 0.6) is 11.5 Å². The van der Waals surface area contributed by atoms with Crippen LogP contribution in [0.4, 0.5) is 5.69 Å². The summed E-state index contributed by atoms with van der Waals surface area (Å²) in [6.07, 6.45) is 1.54. The van der Waals surface area contributed by atoms with Crippen molar-refractivity contribution in [1.82, 2.24) is 0 Å². The summed E-state index contributed by atoms with van der Waals surface area (Å²) >= 11 is 3.53. The lowest BCUT2D eigenvalue weighted by atomic mass is 10.1. The minimum Gasteiger partial charge on any atom is -0.494 e. The summed E-state index contributed by atoms with van der Waals surface area (Å²) in [4.78, 5) is 12.6. The highest BCUT2D eigenvalue weighted by Crippen LogP contribution is 2.28. The Morgan fingerprint density at radius 3 is 2.46 bits per heavy atom. The SMILES string of the molecule is CCOc1ccc(NC(=O)/C(C#N)=C/c2ccc(OCc3ccc4ccccc4c3)c(Br)c2)cc1. The van der Waals surface area contributed by atoms with E-state index in [2.05, 4.69) is 51.6 Å². The Morgan fingerprint density at radius 1 is 0.971 bits per heavy atom. The lowest BCUT2D eigenvalue weighted by molar-refractivity contribution is -0.112. The number of hydrogen-bond acceptors (Lipinski definition) is 4. The molecule has 0 aromatic heterocycles. The fourth-order valence-electron chi connectivity index (χ4n) is 3.53. The molecule has 1 amide bonds. The normalized spacial score (nSPS) is 11.1. The number of fused-ring (bicyclic) bond motifs is 1. The first-order valence-corrected chi connectivity index (χ1v) is 11.9. The van der Waals surface area contributed by atoms with Crippen molar-refractivity contribution in [3.05, 3.63) is 106 Å². The number of nitrogens with zero attached hydrogens (tertiary/aromatic N) is 1. The van der Waals surface area contributed by atoms with Gasteiger partial charge in [-0.2, -0.15) is 5.26 Å². The Morgan fingerprint density at radius 2 is 1.74 bits per heavy atom. The molecule has 4 aromatic carbocycles. The van der Waals surface area contributed by atoms with Gasteiger partial charge in [0.05, 0.1) is 11.1 Å². The number of carbonyl (C=O) groups is 1. The summed E-state index contributed by atoms with van der Waals surface area (Å²) in [5.74, 6) is 0.909. The van der Waals surface area contributed by atoms with Crippen molar-refractivity contribution in [2.24, 2.45) is 0 Å². The van der Waals surface area contributed by atoms with Crippen LogP contribution in [0.25, 0.3) is 16.8 Å². The van der Waals surface area contributed by atoms with Crippen molar-refractivity contribution in [2.45, 2.75) is 13.5 Å². The molecule has 5 nitrogen and oxygen atoms in total. The van der Waals surface area contributed by atoms with Gasteiger partial charge in [-0.15, -0.1) is 0 Å². The molecule has 0 aliphatic carbocycles. The van der Waals surface area contributed by atoms with Gasteiger partial charge in [0, 0.05) is 5.69 Å². The highest BCUT2D eigenvalue weighted by molar-refractivity contribution is 9.10. The topological polar surface area (TPSA) is 71.3 Å². The minimum absolute atomic E-state index is 0.00406. The molecule has 0 atom stereocenters. The van der Waals surface area contributed by atoms with Gasteiger partial charge in [-0.3, -0.25) is 4.79 Å². The molecule has 0 fully saturated rings. The van der Waals surface area contributed by atoms with Crippen LogP contribution >= 0.6 is 15.9 Å². The van der Waals surface area contributed by atoms with Crippen molar-refractivity contribution >= 4 is 44.4 Å². The molecule has 4 rings (SSSR count). The zero-order valence-corrected chi connectivity index (χ0v) is 20.7. The van der Waals surface area contributed by atoms with E-state index < -0.39 is 5.91 Å². The Labute approximate surface area is 212 Å². The zero-order valence-electron chi connectivity index (χ0n) is 19.1. The molecule has 0 bridgehead atoms. The summed E-state index contributed by atoms with van der Waals surface area (Å²) < 4.78 is 12.1. The molecular weight excluding hydrogens is 504 g/mol. The maximum absolute atomic E-state index is 12.6. The molecular formula is C29H23BrN2O3. The monoisotopic (exact) mass is 526 g/mol. The van der Waals surface area contributed by atoms with Gasteiger partial charge in [-0.05, 0) is 93.3 Å². The Balaban J connectivity index is 1.42. The first kappa shape index (κ1) is 24.1. The van der Waals surface area contributed by atoms with E-state index in [1.807, 2.05) is 43.3 Å². The van der Waals surface area contributed by atoms with Crippen molar-refractivity contribution < 1.29 is 14.3 Å². The van der Waals surface area contributed by atoms with E-state index in [1.54, 1.807) is 30.3 Å². The molecule has 1 N–H and O–H groups in total. The number of ether oxygens (including phenoxy) is 2. The zero-order chi connectivity index (χ0) is 24.6. The van der Waals surface area contributed by atoms with Gasteiger partial charge in [-0.25, -0.2) is 0 Å². The first-order valence-electron chi connectivity index (χ1n) is 11.1. The summed E-state index contributed by atoms with van der Waals surface area (Å²) in [6, 6.07) is 28.9. The number of amides is 1. The third-order valence-electron chi connectivity index (χ3n) is 5.26. The minimum atomic E-state index is -0.482. The number of nitriles is 1. The lowest BCUT2D eigenvalue weighted by Crippen LogP contribution is -2.13. The largest absolute Gasteiger partial charge is 0.494 e. The summed E-state index contributed by atoms with van der Waals surface area (Å²) in [6.45, 7) is 2.89. The van der Waals surface area contributed by atoms with Gasteiger partial charge < -0.3 is 14.8 Å². The Kier molecular flexibility index (Phi) is 7.81. The van der Waals surface area contributed by atoms with Crippen LogP contribution in [0.2, 0.25) is 0 Å². The Bertz CT molecular complexity index is 1420. The van der Waals surface area contributed by atoms with Gasteiger partial charge in [0.25, 0.3) is 5.91 Å². The average molecular weight is 527 g/mol. The van der Waals surface area contributed by atoms with E-state index in [1.165, 1.54) is 10.8 Å². The molecule has 0 unspecified atom stereocenters. The van der Waals surface area contributed by atoms with Crippen molar-refractivity contribution in [2.75, 3.05) is 11.9 Å². The van der Waals surface area contributed by atoms with E-state index in [0.29, 0.717) is 36.0 Å². The molecule has 6 heteroatoms. The van der Waals surface area contributed by atoms with Crippen LogP contribution in [0.3, 0.4) is 0 Å². The highest BCUT2D eigenvalue weighted by atomic mass is 79.9. The molecule has 35 heavy (non-hydrogen) atoms. The van der Waals surface area contributed by atoms with E-state index in [-0.39, 0.29) is 5.57 Å². The molecule has 4 aromatic rings. The van der Waals surface area contributed by atoms with E-state index in [9.17, 15) is 10.1 Å². The molecule has 0 radical (unpaired) electrons. The number of halogens is 1. The van der Waals surface area contributed by atoms with Gasteiger partial charge in [-0.1, -0.05) is 42.5 Å². The fourth-order valence-corrected chi connectivity index (χ4v) is 4.04. The van der Waals surface area contributed by atoms with Gasteiger partial charge >= 0.3 is 0 Å². The number of hydrogen-bond donors (Lipinski definition) is 1. The predicted molar refractivity (Wildman–Crippen MR) is 142 cm³/mol. The summed E-state index contributed by atoms with van der Waals surface area (Å²) in [5.41, 5.74) is 2.35. The first-order chi connectivity index (χ1) is 17.1. The fraction of sp³-hybridized carbons (Fsp3) is 0.103. The van der Waals surface area contributed by atoms with Crippen LogP contribution in [0.15, 0.2) is 95.0 Å². The molecule has 174 valence electrons. The standard InChI is InChI=1S/C29H23BrN2O3/c1-2-34-26-12-10-25(11-13-26)32-29(33)24(18-31)15-20-8-14-28(27(30)17-20)35-19-21-7-9-22-5-3-4-6-23(22)16-21/h3-17H,2,19H2,1H3,(H,32,33)/b24-15+. The Hall–Kier alpha value is -4.08. The van der Waals surface area contributed by atoms with E-state index >= 15 is 0 Å². The lowest BCUT2D eigenvalue weighted by Gasteiger charge is -2.10. The summed E-state index contributed by atoms with van der Waals surface area (Å²) in [5, 5.41) is 14.6. The van der Waals surface area contributed by atoms with Crippen LogP contribution < -0.4 is 14.8 Å². The summed E-state index contributed by atoms with van der Waals surface area (Å²) in [7, 11) is 0. The predicted octanol–water partition coefficient (Wildman–Crippen LogP) is 7.13. The van der Waals surface area contributed by atoms with Crippen molar-refractivity contribution in [1.29, 1.82) is 5.26 Å². The molecule has 0 aliphatic heterocycles. The van der Waals surface area contributed by atoms with Crippen LogP contribution in [0, 0.1) is 11.3 Å². The maximum Gasteiger partial charge on any atom is 0.266 e. The van der Waals surface area contributed by atoms with Crippen molar-refractivity contribution in [3.8, 4) is 17.6 Å². The second kappa shape index (κ2) is 11.4. The van der Waals surface area contributed by atoms with Crippen molar-refractivity contribution in [3.63, 3.8) is 0 Å². The van der Waals surface area contributed by atoms with Crippen LogP contribution in [-0.2, 0) is 11.4 Å².